The van der Waals surface area contributed by atoms with E-state index < -0.39 is 5.97 Å². The van der Waals surface area contributed by atoms with Crippen molar-refractivity contribution in [2.45, 2.75) is 20.4 Å². The van der Waals surface area contributed by atoms with Crippen LogP contribution in [0.4, 0.5) is 4.79 Å². The summed E-state index contributed by atoms with van der Waals surface area (Å²) in [5, 5.41) is 0.302. The Hall–Kier alpha value is -3.29. The lowest BCUT2D eigenvalue weighted by Gasteiger charge is -2.12. The fourth-order valence-electron chi connectivity index (χ4n) is 3.75. The van der Waals surface area contributed by atoms with Gasteiger partial charge in [0, 0.05) is 22.1 Å². The molecule has 8 heteroatoms. The van der Waals surface area contributed by atoms with Crippen LogP contribution in [0.15, 0.2) is 59.5 Å². The Bertz CT molecular complexity index is 1280. The first-order chi connectivity index (χ1) is 15.8. The molecule has 0 N–H and O–H groups in total. The van der Waals surface area contributed by atoms with Crippen LogP contribution in [0, 0.1) is 13.8 Å². The number of ether oxygens (including phenoxy) is 1. The van der Waals surface area contributed by atoms with Gasteiger partial charge in [0.1, 0.15) is 0 Å². The number of benzene rings is 2. The molecule has 0 unspecified atom stereocenters. The topological polar surface area (TPSA) is 68.6 Å². The van der Waals surface area contributed by atoms with Gasteiger partial charge in [0.15, 0.2) is 0 Å². The van der Waals surface area contributed by atoms with Crippen LogP contribution in [-0.4, -0.2) is 33.7 Å². The molecule has 33 heavy (non-hydrogen) atoms. The number of halogens is 1. The molecule has 0 aliphatic carbocycles. The number of nitrogens with zero attached hydrogens (tertiary/aromatic N) is 2. The second kappa shape index (κ2) is 9.29. The molecule has 1 fully saturated rings. The summed E-state index contributed by atoms with van der Waals surface area (Å²) in [5.41, 5.74) is 4.91. The molecule has 0 saturated carbocycles. The van der Waals surface area contributed by atoms with Crippen molar-refractivity contribution < 1.29 is 19.1 Å². The van der Waals surface area contributed by atoms with Crippen molar-refractivity contribution in [3.05, 3.63) is 92.6 Å². The molecule has 2 aromatic carbocycles. The summed E-state index contributed by atoms with van der Waals surface area (Å²) in [6.45, 7) is 4.11. The third kappa shape index (κ3) is 4.60. The first-order valence-electron chi connectivity index (χ1n) is 10.2. The van der Waals surface area contributed by atoms with E-state index in [9.17, 15) is 14.4 Å². The van der Waals surface area contributed by atoms with Gasteiger partial charge >= 0.3 is 5.97 Å². The Morgan fingerprint density at radius 2 is 1.73 bits per heavy atom. The van der Waals surface area contributed by atoms with Gasteiger partial charge in [-0.2, -0.15) is 0 Å². The second-order valence-corrected chi connectivity index (χ2v) is 9.02. The summed E-state index contributed by atoms with van der Waals surface area (Å²) >= 11 is 6.86. The third-order valence-electron chi connectivity index (χ3n) is 5.43. The summed E-state index contributed by atoms with van der Waals surface area (Å²) in [6, 6.07) is 16.1. The molecule has 3 aromatic rings. The molecule has 0 spiro atoms. The summed E-state index contributed by atoms with van der Waals surface area (Å²) < 4.78 is 6.79. The summed E-state index contributed by atoms with van der Waals surface area (Å²) in [4.78, 5) is 38.8. The fourth-order valence-corrected chi connectivity index (χ4v) is 4.70. The largest absolute Gasteiger partial charge is 0.465 e. The van der Waals surface area contributed by atoms with Crippen molar-refractivity contribution in [2.24, 2.45) is 0 Å². The van der Waals surface area contributed by atoms with E-state index in [4.69, 9.17) is 16.3 Å². The van der Waals surface area contributed by atoms with Crippen LogP contribution in [0.25, 0.3) is 11.8 Å². The van der Waals surface area contributed by atoms with Crippen LogP contribution in [0.3, 0.4) is 0 Å². The van der Waals surface area contributed by atoms with Gasteiger partial charge in [-0.1, -0.05) is 23.7 Å². The average Bonchev–Trinajstić information content (AvgIpc) is 3.23. The van der Waals surface area contributed by atoms with E-state index in [1.165, 1.54) is 12.0 Å². The standard InChI is InChI=1S/C25H21ClN2O4S/c1-15-12-19(16(2)28(15)21-10-6-18(7-11-21)24(30)32-3)13-22-23(29)27(25(31)33-22)14-17-4-8-20(26)9-5-17/h4-13H,14H2,1-3H3/b22-13-. The number of imide groups is 1. The molecular formula is C25H21ClN2O4S. The van der Waals surface area contributed by atoms with Crippen LogP contribution in [0.5, 0.6) is 0 Å². The van der Waals surface area contributed by atoms with Crippen molar-refractivity contribution in [3.63, 3.8) is 0 Å². The molecular weight excluding hydrogens is 460 g/mol. The van der Waals surface area contributed by atoms with Crippen LogP contribution in [0.2, 0.25) is 5.02 Å². The molecule has 168 valence electrons. The smallest absolute Gasteiger partial charge is 0.337 e. The quantitative estimate of drug-likeness (QED) is 0.342. The number of aryl methyl sites for hydroxylation is 1. The van der Waals surface area contributed by atoms with E-state index in [0.717, 1.165) is 40.0 Å². The maximum absolute atomic E-state index is 12.9. The Labute approximate surface area is 200 Å². The molecule has 4 rings (SSSR count). The minimum atomic E-state index is -0.391. The minimum absolute atomic E-state index is 0.199. The minimum Gasteiger partial charge on any atom is -0.465 e. The molecule has 1 aliphatic rings. The highest BCUT2D eigenvalue weighted by Gasteiger charge is 2.35. The van der Waals surface area contributed by atoms with Gasteiger partial charge in [0.2, 0.25) is 0 Å². The number of hydrogen-bond acceptors (Lipinski definition) is 5. The van der Waals surface area contributed by atoms with Gasteiger partial charge in [0.05, 0.1) is 24.1 Å². The lowest BCUT2D eigenvalue weighted by molar-refractivity contribution is -0.123. The van der Waals surface area contributed by atoms with Crippen molar-refractivity contribution in [1.29, 1.82) is 0 Å². The van der Waals surface area contributed by atoms with Gasteiger partial charge < -0.3 is 9.30 Å². The number of esters is 1. The molecule has 2 amide bonds. The molecule has 2 heterocycles. The summed E-state index contributed by atoms with van der Waals surface area (Å²) in [6.07, 6.45) is 1.76. The summed E-state index contributed by atoms with van der Waals surface area (Å²) in [7, 11) is 1.35. The highest BCUT2D eigenvalue weighted by Crippen LogP contribution is 2.34. The van der Waals surface area contributed by atoms with E-state index in [1.54, 1.807) is 42.5 Å². The number of carbonyl (C=O) groups excluding carboxylic acids is 3. The zero-order valence-corrected chi connectivity index (χ0v) is 19.9. The molecule has 1 saturated heterocycles. The van der Waals surface area contributed by atoms with Gasteiger partial charge in [0.25, 0.3) is 11.1 Å². The van der Waals surface area contributed by atoms with Crippen LogP contribution < -0.4 is 0 Å². The average molecular weight is 481 g/mol. The normalized spacial score (nSPS) is 14.9. The van der Waals surface area contributed by atoms with E-state index in [1.807, 2.05) is 36.6 Å². The number of methoxy groups -OCH3 is 1. The molecule has 0 radical (unpaired) electrons. The first kappa shape index (κ1) is 22.9. The predicted octanol–water partition coefficient (Wildman–Crippen LogP) is 5.77. The SMILES string of the molecule is COC(=O)c1ccc(-n2c(C)cc(/C=C3\SC(=O)N(Cc4ccc(Cl)cc4)C3=O)c2C)cc1. The van der Waals surface area contributed by atoms with Gasteiger partial charge in [-0.25, -0.2) is 4.79 Å². The monoisotopic (exact) mass is 480 g/mol. The van der Waals surface area contributed by atoms with Crippen molar-refractivity contribution in [3.8, 4) is 5.69 Å². The molecule has 0 atom stereocenters. The summed E-state index contributed by atoms with van der Waals surface area (Å²) in [5.74, 6) is -0.704. The maximum Gasteiger partial charge on any atom is 0.337 e. The second-order valence-electron chi connectivity index (χ2n) is 7.59. The van der Waals surface area contributed by atoms with E-state index in [0.29, 0.717) is 15.5 Å². The number of thioether (sulfide) groups is 1. The van der Waals surface area contributed by atoms with Crippen LogP contribution in [0.1, 0.15) is 32.9 Å². The zero-order valence-electron chi connectivity index (χ0n) is 18.3. The van der Waals surface area contributed by atoms with Gasteiger partial charge in [-0.3, -0.25) is 14.5 Å². The third-order valence-corrected chi connectivity index (χ3v) is 6.59. The molecule has 0 bridgehead atoms. The van der Waals surface area contributed by atoms with Crippen molar-refractivity contribution >= 4 is 46.6 Å². The first-order valence-corrected chi connectivity index (χ1v) is 11.4. The Kier molecular flexibility index (Phi) is 6.44. The highest BCUT2D eigenvalue weighted by atomic mass is 35.5. The van der Waals surface area contributed by atoms with E-state index in [-0.39, 0.29) is 17.7 Å². The lowest BCUT2D eigenvalue weighted by atomic mass is 10.2. The van der Waals surface area contributed by atoms with Gasteiger partial charge in [-0.05, 0) is 85.3 Å². The fraction of sp³-hybridized carbons (Fsp3) is 0.160. The van der Waals surface area contributed by atoms with E-state index >= 15 is 0 Å². The Morgan fingerprint density at radius 3 is 2.36 bits per heavy atom. The van der Waals surface area contributed by atoms with Crippen molar-refractivity contribution in [2.75, 3.05) is 7.11 Å². The molecule has 1 aliphatic heterocycles. The molecule has 6 nitrogen and oxygen atoms in total. The molecule has 1 aromatic heterocycles. The number of carbonyl (C=O) groups is 3. The maximum atomic E-state index is 12.9. The van der Waals surface area contributed by atoms with Crippen LogP contribution >= 0.6 is 23.4 Å². The van der Waals surface area contributed by atoms with Crippen LogP contribution in [-0.2, 0) is 16.1 Å². The number of aromatic nitrogens is 1. The highest BCUT2D eigenvalue weighted by molar-refractivity contribution is 8.18. The van der Waals surface area contributed by atoms with Gasteiger partial charge in [-0.15, -0.1) is 0 Å². The number of rotatable bonds is 5. The van der Waals surface area contributed by atoms with Crippen molar-refractivity contribution in [1.82, 2.24) is 9.47 Å². The predicted molar refractivity (Wildman–Crippen MR) is 130 cm³/mol. The number of hydrogen-bond donors (Lipinski definition) is 0. The zero-order chi connectivity index (χ0) is 23.7. The van der Waals surface area contributed by atoms with E-state index in [2.05, 4.69) is 0 Å². The number of amides is 2. The Balaban J connectivity index is 1.59. The Morgan fingerprint density at radius 1 is 1.06 bits per heavy atom. The lowest BCUT2D eigenvalue weighted by Crippen LogP contribution is -2.27.